The summed E-state index contributed by atoms with van der Waals surface area (Å²) in [6, 6.07) is 7.00. The SMILES string of the molecule is CCCS.Cc1ccc(S(=O)(=O)N(CC2COCCO2)[C@H]2CCCNC2)cc1. The number of nitrogens with zero attached hydrogens (tertiary/aromatic N) is 1. The highest BCUT2D eigenvalue weighted by molar-refractivity contribution is 7.89. The van der Waals surface area contributed by atoms with Gasteiger partial charge in [0.05, 0.1) is 30.8 Å². The summed E-state index contributed by atoms with van der Waals surface area (Å²) >= 11 is 3.92. The maximum Gasteiger partial charge on any atom is 0.243 e. The predicted molar refractivity (Wildman–Crippen MR) is 116 cm³/mol. The molecule has 0 spiro atoms. The van der Waals surface area contributed by atoms with Gasteiger partial charge in [-0.25, -0.2) is 8.42 Å². The second-order valence-electron chi connectivity index (χ2n) is 7.18. The smallest absolute Gasteiger partial charge is 0.243 e. The molecule has 2 heterocycles. The van der Waals surface area contributed by atoms with Crippen molar-refractivity contribution >= 4 is 22.7 Å². The summed E-state index contributed by atoms with van der Waals surface area (Å²) in [5.74, 6) is 1.01. The number of hydrogen-bond acceptors (Lipinski definition) is 6. The molecule has 2 fully saturated rings. The summed E-state index contributed by atoms with van der Waals surface area (Å²) in [4.78, 5) is 0.343. The van der Waals surface area contributed by atoms with Crippen molar-refractivity contribution in [1.29, 1.82) is 0 Å². The van der Waals surface area contributed by atoms with Gasteiger partial charge in [0.15, 0.2) is 0 Å². The van der Waals surface area contributed by atoms with Gasteiger partial charge < -0.3 is 14.8 Å². The second kappa shape index (κ2) is 12.1. The van der Waals surface area contributed by atoms with E-state index < -0.39 is 10.0 Å². The predicted octanol–water partition coefficient (Wildman–Crippen LogP) is 2.48. The van der Waals surface area contributed by atoms with Crippen molar-refractivity contribution in [2.24, 2.45) is 0 Å². The van der Waals surface area contributed by atoms with Crippen LogP contribution in [-0.2, 0) is 19.5 Å². The Balaban J connectivity index is 0.000000640. The lowest BCUT2D eigenvalue weighted by atomic mass is 10.1. The van der Waals surface area contributed by atoms with E-state index in [4.69, 9.17) is 9.47 Å². The standard InChI is InChI=1S/C17H26N2O4S.C3H8S/c1-14-4-6-17(7-5-14)24(20,21)19(15-3-2-8-18-11-15)12-16-13-22-9-10-23-16;1-2-3-4/h4-7,15-16,18H,2-3,8-13H2,1H3;4H,2-3H2,1H3/t15-,16?;/m0./s1. The quantitative estimate of drug-likeness (QED) is 0.679. The van der Waals surface area contributed by atoms with E-state index in [1.54, 1.807) is 16.4 Å². The zero-order valence-electron chi connectivity index (χ0n) is 17.0. The van der Waals surface area contributed by atoms with E-state index in [-0.39, 0.29) is 12.1 Å². The van der Waals surface area contributed by atoms with Crippen LogP contribution in [0.15, 0.2) is 29.2 Å². The zero-order valence-corrected chi connectivity index (χ0v) is 18.7. The third kappa shape index (κ3) is 7.00. The molecule has 0 aromatic heterocycles. The number of sulfonamides is 1. The molecule has 28 heavy (non-hydrogen) atoms. The number of hydrogen-bond donors (Lipinski definition) is 2. The zero-order chi connectivity index (χ0) is 20.4. The van der Waals surface area contributed by atoms with Crippen molar-refractivity contribution in [3.8, 4) is 0 Å². The monoisotopic (exact) mass is 430 g/mol. The largest absolute Gasteiger partial charge is 0.376 e. The van der Waals surface area contributed by atoms with E-state index in [1.165, 1.54) is 6.42 Å². The minimum absolute atomic E-state index is 0.0458. The van der Waals surface area contributed by atoms with E-state index in [2.05, 4.69) is 24.9 Å². The molecule has 1 N–H and O–H groups in total. The molecule has 0 radical (unpaired) electrons. The number of thiol groups is 1. The minimum atomic E-state index is -3.56. The lowest BCUT2D eigenvalue weighted by Crippen LogP contribution is -2.52. The Morgan fingerprint density at radius 2 is 1.96 bits per heavy atom. The Labute approximate surface area is 175 Å². The van der Waals surface area contributed by atoms with E-state index in [0.29, 0.717) is 37.8 Å². The van der Waals surface area contributed by atoms with Crippen molar-refractivity contribution in [3.05, 3.63) is 29.8 Å². The van der Waals surface area contributed by atoms with Crippen LogP contribution in [-0.4, -0.2) is 70.1 Å². The maximum absolute atomic E-state index is 13.2. The molecule has 1 aromatic rings. The third-order valence-electron chi connectivity index (χ3n) is 4.80. The highest BCUT2D eigenvalue weighted by Gasteiger charge is 2.35. The lowest BCUT2D eigenvalue weighted by molar-refractivity contribution is -0.0940. The van der Waals surface area contributed by atoms with Gasteiger partial charge in [0.1, 0.15) is 0 Å². The highest BCUT2D eigenvalue weighted by Crippen LogP contribution is 2.23. The van der Waals surface area contributed by atoms with Crippen molar-refractivity contribution in [3.63, 3.8) is 0 Å². The van der Waals surface area contributed by atoms with E-state index in [1.807, 2.05) is 19.1 Å². The number of benzene rings is 1. The first-order valence-corrected chi connectivity index (χ1v) is 12.2. The Morgan fingerprint density at radius 3 is 2.50 bits per heavy atom. The van der Waals surface area contributed by atoms with Crippen LogP contribution in [0.4, 0.5) is 0 Å². The van der Waals surface area contributed by atoms with Gasteiger partial charge in [-0.2, -0.15) is 16.9 Å². The van der Waals surface area contributed by atoms with E-state index >= 15 is 0 Å². The Kier molecular flexibility index (Phi) is 10.3. The normalized spacial score (nSPS) is 23.1. The second-order valence-corrected chi connectivity index (χ2v) is 9.52. The molecule has 2 atom stereocenters. The summed E-state index contributed by atoms with van der Waals surface area (Å²) < 4.78 is 39.2. The fourth-order valence-corrected chi connectivity index (χ4v) is 4.90. The molecule has 2 saturated heterocycles. The maximum atomic E-state index is 13.2. The van der Waals surface area contributed by atoms with Crippen LogP contribution < -0.4 is 5.32 Å². The van der Waals surface area contributed by atoms with Gasteiger partial charge in [-0.1, -0.05) is 24.6 Å². The van der Waals surface area contributed by atoms with Gasteiger partial charge in [0, 0.05) is 19.1 Å². The summed E-state index contributed by atoms with van der Waals surface area (Å²) in [5.41, 5.74) is 1.05. The van der Waals surface area contributed by atoms with E-state index in [9.17, 15) is 8.42 Å². The molecule has 6 nitrogen and oxygen atoms in total. The van der Waals surface area contributed by atoms with Gasteiger partial charge in [0.25, 0.3) is 0 Å². The molecule has 2 aliphatic heterocycles. The number of piperidine rings is 1. The van der Waals surface area contributed by atoms with Crippen LogP contribution >= 0.6 is 12.6 Å². The van der Waals surface area contributed by atoms with Crippen LogP contribution in [0, 0.1) is 6.92 Å². The first-order chi connectivity index (χ1) is 13.5. The molecule has 0 saturated carbocycles. The fraction of sp³-hybridized carbons (Fsp3) is 0.700. The Bertz CT molecular complexity index is 653. The third-order valence-corrected chi connectivity index (χ3v) is 7.18. The number of nitrogens with one attached hydrogen (secondary N) is 1. The van der Waals surface area contributed by atoms with Gasteiger partial charge in [0.2, 0.25) is 10.0 Å². The van der Waals surface area contributed by atoms with Crippen molar-refractivity contribution in [1.82, 2.24) is 9.62 Å². The van der Waals surface area contributed by atoms with Crippen LogP contribution in [0.2, 0.25) is 0 Å². The van der Waals surface area contributed by atoms with Gasteiger partial charge in [-0.15, -0.1) is 0 Å². The molecule has 1 aromatic carbocycles. The molecule has 0 bridgehead atoms. The molecule has 1 unspecified atom stereocenters. The number of rotatable bonds is 6. The highest BCUT2D eigenvalue weighted by atomic mass is 32.2. The Morgan fingerprint density at radius 1 is 1.25 bits per heavy atom. The molecule has 0 amide bonds. The van der Waals surface area contributed by atoms with Gasteiger partial charge in [-0.05, 0) is 50.6 Å². The molecule has 8 heteroatoms. The number of ether oxygens (including phenoxy) is 2. The Hall–Kier alpha value is -0.640. The van der Waals surface area contributed by atoms with E-state index in [0.717, 1.165) is 30.7 Å². The minimum Gasteiger partial charge on any atom is -0.376 e. The molecular weight excluding hydrogens is 396 g/mol. The van der Waals surface area contributed by atoms with Crippen molar-refractivity contribution < 1.29 is 17.9 Å². The summed E-state index contributed by atoms with van der Waals surface area (Å²) in [7, 11) is -3.56. The number of aryl methyl sites for hydroxylation is 1. The average molecular weight is 431 g/mol. The van der Waals surface area contributed by atoms with Gasteiger partial charge in [-0.3, -0.25) is 0 Å². The topological polar surface area (TPSA) is 67.9 Å². The first-order valence-electron chi connectivity index (χ1n) is 10.1. The summed E-state index contributed by atoms with van der Waals surface area (Å²) in [6.45, 7) is 7.55. The van der Waals surface area contributed by atoms with Crippen molar-refractivity contribution in [2.75, 3.05) is 45.2 Å². The molecule has 0 aliphatic carbocycles. The van der Waals surface area contributed by atoms with Crippen LogP contribution in [0.1, 0.15) is 31.7 Å². The average Bonchev–Trinajstić information content (AvgIpc) is 2.74. The summed E-state index contributed by atoms with van der Waals surface area (Å²) in [5, 5.41) is 3.31. The summed E-state index contributed by atoms with van der Waals surface area (Å²) in [6.07, 6.45) is 2.82. The van der Waals surface area contributed by atoms with Crippen LogP contribution in [0.5, 0.6) is 0 Å². The van der Waals surface area contributed by atoms with Crippen LogP contribution in [0.25, 0.3) is 0 Å². The first kappa shape index (κ1) is 23.6. The molecule has 2 aliphatic rings. The molecule has 3 rings (SSSR count). The lowest BCUT2D eigenvalue weighted by Gasteiger charge is -2.36. The molecular formula is C20H34N2O4S2. The van der Waals surface area contributed by atoms with Gasteiger partial charge >= 0.3 is 0 Å². The van der Waals surface area contributed by atoms with Crippen LogP contribution in [0.3, 0.4) is 0 Å². The van der Waals surface area contributed by atoms with Crippen molar-refractivity contribution in [2.45, 2.75) is 50.2 Å². The fourth-order valence-electron chi connectivity index (χ4n) is 3.21. The molecule has 160 valence electrons.